The summed E-state index contributed by atoms with van der Waals surface area (Å²) in [4.78, 5) is -0.0648. The van der Waals surface area contributed by atoms with Gasteiger partial charge in [0, 0.05) is 6.54 Å². The first-order valence-corrected chi connectivity index (χ1v) is 7.63. The van der Waals surface area contributed by atoms with E-state index in [-0.39, 0.29) is 4.90 Å². The number of anilines is 1. The SMILES string of the molecule is CNCc1ccc(S(=O)(=O)Nc2c(F)cccc2F)cc1. The van der Waals surface area contributed by atoms with Crippen LogP contribution in [0.2, 0.25) is 0 Å². The summed E-state index contributed by atoms with van der Waals surface area (Å²) in [5.74, 6) is -1.93. The quantitative estimate of drug-likeness (QED) is 0.892. The molecule has 0 spiro atoms. The minimum absolute atomic E-state index is 0.0648. The maximum Gasteiger partial charge on any atom is 0.262 e. The van der Waals surface area contributed by atoms with E-state index in [0.29, 0.717) is 6.54 Å². The molecule has 0 saturated heterocycles. The van der Waals surface area contributed by atoms with Crippen molar-refractivity contribution in [3.63, 3.8) is 0 Å². The van der Waals surface area contributed by atoms with Gasteiger partial charge in [0.25, 0.3) is 10.0 Å². The van der Waals surface area contributed by atoms with E-state index in [9.17, 15) is 17.2 Å². The topological polar surface area (TPSA) is 58.2 Å². The lowest BCUT2D eigenvalue weighted by molar-refractivity contribution is 0.583. The lowest BCUT2D eigenvalue weighted by Crippen LogP contribution is -2.15. The molecule has 4 nitrogen and oxygen atoms in total. The van der Waals surface area contributed by atoms with Crippen LogP contribution in [0.1, 0.15) is 5.56 Å². The fourth-order valence-corrected chi connectivity index (χ4v) is 2.86. The molecule has 0 aromatic heterocycles. The zero-order valence-corrected chi connectivity index (χ0v) is 12.0. The fourth-order valence-electron chi connectivity index (χ4n) is 1.78. The average molecular weight is 312 g/mol. The van der Waals surface area contributed by atoms with E-state index in [1.54, 1.807) is 19.2 Å². The number of sulfonamides is 1. The van der Waals surface area contributed by atoms with Gasteiger partial charge in [0.15, 0.2) is 0 Å². The van der Waals surface area contributed by atoms with Gasteiger partial charge in [0.05, 0.1) is 4.90 Å². The zero-order chi connectivity index (χ0) is 15.5. The molecular formula is C14H14F2N2O2S. The molecule has 2 aromatic rings. The van der Waals surface area contributed by atoms with Crippen molar-refractivity contribution in [2.45, 2.75) is 11.4 Å². The van der Waals surface area contributed by atoms with Crippen LogP contribution in [0, 0.1) is 11.6 Å². The van der Waals surface area contributed by atoms with Gasteiger partial charge in [0.1, 0.15) is 17.3 Å². The van der Waals surface area contributed by atoms with E-state index in [1.807, 2.05) is 4.72 Å². The van der Waals surface area contributed by atoms with Crippen LogP contribution in [0.25, 0.3) is 0 Å². The monoisotopic (exact) mass is 312 g/mol. The van der Waals surface area contributed by atoms with Crippen molar-refractivity contribution in [1.82, 2.24) is 5.32 Å². The van der Waals surface area contributed by atoms with Gasteiger partial charge in [-0.15, -0.1) is 0 Å². The number of rotatable bonds is 5. The molecule has 0 atom stereocenters. The normalized spacial score (nSPS) is 11.4. The van der Waals surface area contributed by atoms with E-state index in [1.165, 1.54) is 12.1 Å². The summed E-state index contributed by atoms with van der Waals surface area (Å²) in [6.07, 6.45) is 0. The third kappa shape index (κ3) is 3.56. The van der Waals surface area contributed by atoms with Crippen LogP contribution in [-0.4, -0.2) is 15.5 Å². The Labute approximate surface area is 121 Å². The van der Waals surface area contributed by atoms with Crippen LogP contribution in [0.4, 0.5) is 14.5 Å². The van der Waals surface area contributed by atoms with Crippen molar-refractivity contribution in [2.24, 2.45) is 0 Å². The highest BCUT2D eigenvalue weighted by molar-refractivity contribution is 7.92. The maximum absolute atomic E-state index is 13.5. The molecular weight excluding hydrogens is 298 g/mol. The molecule has 0 saturated carbocycles. The number of benzene rings is 2. The number of halogens is 2. The van der Waals surface area contributed by atoms with Gasteiger partial charge in [0.2, 0.25) is 0 Å². The third-order valence-electron chi connectivity index (χ3n) is 2.81. The van der Waals surface area contributed by atoms with Gasteiger partial charge < -0.3 is 5.32 Å². The van der Waals surface area contributed by atoms with Crippen LogP contribution in [0.5, 0.6) is 0 Å². The van der Waals surface area contributed by atoms with Crippen molar-refractivity contribution >= 4 is 15.7 Å². The highest BCUT2D eigenvalue weighted by Crippen LogP contribution is 2.22. The van der Waals surface area contributed by atoms with Gasteiger partial charge in [-0.25, -0.2) is 17.2 Å². The Balaban J connectivity index is 2.30. The first-order chi connectivity index (χ1) is 9.94. The Hall–Kier alpha value is -1.99. The van der Waals surface area contributed by atoms with E-state index < -0.39 is 27.3 Å². The van der Waals surface area contributed by atoms with E-state index in [4.69, 9.17) is 0 Å². The van der Waals surface area contributed by atoms with Crippen molar-refractivity contribution in [3.8, 4) is 0 Å². The van der Waals surface area contributed by atoms with Gasteiger partial charge in [-0.2, -0.15) is 0 Å². The van der Waals surface area contributed by atoms with Crippen LogP contribution < -0.4 is 10.0 Å². The standard InChI is InChI=1S/C14H14F2N2O2S/c1-17-9-10-5-7-11(8-6-10)21(19,20)18-14-12(15)3-2-4-13(14)16/h2-8,17-18H,9H2,1H3. The summed E-state index contributed by atoms with van der Waals surface area (Å²) >= 11 is 0. The molecule has 0 unspecified atom stereocenters. The molecule has 0 radical (unpaired) electrons. The first-order valence-electron chi connectivity index (χ1n) is 6.14. The fraction of sp³-hybridized carbons (Fsp3) is 0.143. The molecule has 21 heavy (non-hydrogen) atoms. The number of hydrogen-bond donors (Lipinski definition) is 2. The molecule has 0 fully saturated rings. The summed E-state index contributed by atoms with van der Waals surface area (Å²) in [5, 5.41) is 2.93. The summed E-state index contributed by atoms with van der Waals surface area (Å²) in [5.41, 5.74) is 0.213. The Morgan fingerprint density at radius 1 is 1.00 bits per heavy atom. The van der Waals surface area contributed by atoms with Crippen LogP contribution >= 0.6 is 0 Å². The summed E-state index contributed by atoms with van der Waals surface area (Å²) < 4.78 is 53.1. The van der Waals surface area contributed by atoms with Crippen LogP contribution in [-0.2, 0) is 16.6 Å². The van der Waals surface area contributed by atoms with E-state index in [2.05, 4.69) is 5.32 Å². The molecule has 0 aliphatic rings. The van der Waals surface area contributed by atoms with Gasteiger partial charge in [-0.1, -0.05) is 18.2 Å². The molecule has 0 aliphatic heterocycles. The van der Waals surface area contributed by atoms with Gasteiger partial charge in [-0.3, -0.25) is 4.72 Å². The van der Waals surface area contributed by atoms with E-state index >= 15 is 0 Å². The van der Waals surface area contributed by atoms with Crippen molar-refractivity contribution < 1.29 is 17.2 Å². The molecule has 0 bridgehead atoms. The van der Waals surface area contributed by atoms with Gasteiger partial charge >= 0.3 is 0 Å². The lowest BCUT2D eigenvalue weighted by Gasteiger charge is -2.10. The third-order valence-corrected chi connectivity index (χ3v) is 4.18. The van der Waals surface area contributed by atoms with Crippen molar-refractivity contribution in [3.05, 3.63) is 59.7 Å². The predicted molar refractivity (Wildman–Crippen MR) is 76.4 cm³/mol. The minimum atomic E-state index is -4.04. The molecule has 2 N–H and O–H groups in total. The first kappa shape index (κ1) is 15.4. The molecule has 2 aromatic carbocycles. The summed E-state index contributed by atoms with van der Waals surface area (Å²) in [7, 11) is -2.27. The highest BCUT2D eigenvalue weighted by Gasteiger charge is 2.18. The molecule has 2 rings (SSSR count). The van der Waals surface area contributed by atoms with E-state index in [0.717, 1.165) is 23.8 Å². The maximum atomic E-state index is 13.5. The van der Waals surface area contributed by atoms with Gasteiger partial charge in [-0.05, 0) is 36.9 Å². The van der Waals surface area contributed by atoms with Crippen LogP contribution in [0.15, 0.2) is 47.4 Å². The molecule has 0 aliphatic carbocycles. The van der Waals surface area contributed by atoms with Crippen LogP contribution in [0.3, 0.4) is 0 Å². The molecule has 0 heterocycles. The summed E-state index contributed by atoms with van der Waals surface area (Å²) in [6, 6.07) is 9.15. The predicted octanol–water partition coefficient (Wildman–Crippen LogP) is 2.49. The second-order valence-corrected chi connectivity index (χ2v) is 6.06. The number of para-hydroxylation sites is 1. The Bertz CT molecular complexity index is 711. The molecule has 7 heteroatoms. The second kappa shape index (κ2) is 6.19. The largest absolute Gasteiger partial charge is 0.316 e. The minimum Gasteiger partial charge on any atom is -0.316 e. The molecule has 0 amide bonds. The second-order valence-electron chi connectivity index (χ2n) is 4.38. The van der Waals surface area contributed by atoms with Crippen molar-refractivity contribution in [2.75, 3.05) is 11.8 Å². The number of hydrogen-bond acceptors (Lipinski definition) is 3. The Kier molecular flexibility index (Phi) is 4.54. The zero-order valence-electron chi connectivity index (χ0n) is 11.2. The Morgan fingerprint density at radius 3 is 2.10 bits per heavy atom. The lowest BCUT2D eigenvalue weighted by atomic mass is 10.2. The Morgan fingerprint density at radius 2 is 1.57 bits per heavy atom. The smallest absolute Gasteiger partial charge is 0.262 e. The summed E-state index contributed by atoms with van der Waals surface area (Å²) in [6.45, 7) is 0.593. The average Bonchev–Trinajstić information content (AvgIpc) is 2.44. The molecule has 112 valence electrons. The highest BCUT2D eigenvalue weighted by atomic mass is 32.2. The van der Waals surface area contributed by atoms with Crippen molar-refractivity contribution in [1.29, 1.82) is 0 Å². The number of nitrogens with one attached hydrogen (secondary N) is 2.